The van der Waals surface area contributed by atoms with Crippen LogP contribution in [0.2, 0.25) is 0 Å². The Morgan fingerprint density at radius 2 is 1.88 bits per heavy atom. The summed E-state index contributed by atoms with van der Waals surface area (Å²) < 4.78 is 49.0. The van der Waals surface area contributed by atoms with Crippen molar-refractivity contribution in [3.05, 3.63) is 0 Å². The first kappa shape index (κ1) is 11.9. The van der Waals surface area contributed by atoms with Crippen molar-refractivity contribution >= 4 is 19.9 Å². The average Bonchev–Trinajstić information content (AvgIpc) is 2.99. The van der Waals surface area contributed by atoms with Crippen LogP contribution < -0.4 is 5.32 Å². The fourth-order valence-electron chi connectivity index (χ4n) is 2.71. The Bertz CT molecular complexity index is 523. The molecule has 0 amide bonds. The highest BCUT2D eigenvalue weighted by Gasteiger charge is 2.50. The van der Waals surface area contributed by atoms with Crippen LogP contribution in [0.4, 0.5) is 0 Å². The predicted octanol–water partition coefficient (Wildman–Crippen LogP) is -1.45. The van der Waals surface area contributed by atoms with Gasteiger partial charge < -0.3 is 5.32 Å². The smallest absolute Gasteiger partial charge is 0.217 e. The number of hydrogen-bond donors (Lipinski definition) is 1. The van der Waals surface area contributed by atoms with Gasteiger partial charge in [0.1, 0.15) is 0 Å². The minimum atomic E-state index is -3.26. The third-order valence-electron chi connectivity index (χ3n) is 3.70. The van der Waals surface area contributed by atoms with Gasteiger partial charge in [-0.1, -0.05) is 0 Å². The lowest BCUT2D eigenvalue weighted by Gasteiger charge is -2.36. The molecule has 3 fully saturated rings. The number of rotatable bonds is 2. The highest BCUT2D eigenvalue weighted by atomic mass is 32.2. The van der Waals surface area contributed by atoms with Crippen molar-refractivity contribution in [2.75, 3.05) is 24.6 Å². The van der Waals surface area contributed by atoms with Crippen molar-refractivity contribution in [1.29, 1.82) is 0 Å². The molecule has 1 saturated carbocycles. The molecule has 0 aromatic heterocycles. The van der Waals surface area contributed by atoms with E-state index in [9.17, 15) is 16.8 Å². The molecule has 3 rings (SSSR count). The molecule has 1 N–H and O–H groups in total. The monoisotopic (exact) mass is 280 g/mol. The zero-order valence-corrected chi connectivity index (χ0v) is 11.0. The van der Waals surface area contributed by atoms with E-state index < -0.39 is 19.9 Å². The fraction of sp³-hybridized carbons (Fsp3) is 1.00. The maximum atomic E-state index is 12.2. The molecular weight excluding hydrogens is 264 g/mol. The molecule has 6 nitrogen and oxygen atoms in total. The summed E-state index contributed by atoms with van der Waals surface area (Å²) in [6.07, 6.45) is 1.44. The van der Waals surface area contributed by atoms with Gasteiger partial charge in [-0.05, 0) is 12.8 Å². The molecule has 2 aliphatic heterocycles. The highest BCUT2D eigenvalue weighted by Crippen LogP contribution is 2.34. The standard InChI is InChI=1S/C9H16N2O4S2/c12-16(13)5-8-9(6-16)11(4-3-10-8)17(14,15)7-1-2-7/h7-10H,1-6H2/t8-,9+/m0/s1. The second kappa shape index (κ2) is 3.66. The van der Waals surface area contributed by atoms with Crippen molar-refractivity contribution < 1.29 is 16.8 Å². The van der Waals surface area contributed by atoms with Crippen LogP contribution in [0.3, 0.4) is 0 Å². The van der Waals surface area contributed by atoms with Crippen LogP contribution in [0.5, 0.6) is 0 Å². The maximum Gasteiger partial charge on any atom is 0.217 e. The first-order valence-corrected chi connectivity index (χ1v) is 9.17. The first-order valence-electron chi connectivity index (χ1n) is 5.85. The number of sulfone groups is 1. The molecule has 17 heavy (non-hydrogen) atoms. The second-order valence-electron chi connectivity index (χ2n) is 5.06. The number of nitrogens with zero attached hydrogens (tertiary/aromatic N) is 1. The minimum absolute atomic E-state index is 0.0311. The average molecular weight is 280 g/mol. The quantitative estimate of drug-likeness (QED) is 0.669. The predicted molar refractivity (Wildman–Crippen MR) is 62.9 cm³/mol. The van der Waals surface area contributed by atoms with E-state index in [4.69, 9.17) is 0 Å². The molecule has 2 heterocycles. The normalized spacial score (nSPS) is 37.9. The summed E-state index contributed by atoms with van der Waals surface area (Å²) in [4.78, 5) is 0. The first-order chi connectivity index (χ1) is 7.90. The van der Waals surface area contributed by atoms with Gasteiger partial charge in [-0.25, -0.2) is 16.8 Å². The van der Waals surface area contributed by atoms with Crippen molar-refractivity contribution in [2.24, 2.45) is 0 Å². The summed E-state index contributed by atoms with van der Waals surface area (Å²) in [6, 6.07) is -0.610. The van der Waals surface area contributed by atoms with Gasteiger partial charge in [0.2, 0.25) is 10.0 Å². The van der Waals surface area contributed by atoms with Gasteiger partial charge in [-0.15, -0.1) is 0 Å². The molecule has 1 aliphatic carbocycles. The van der Waals surface area contributed by atoms with Crippen LogP contribution in [0.15, 0.2) is 0 Å². The molecule has 0 aromatic carbocycles. The Balaban J connectivity index is 1.90. The van der Waals surface area contributed by atoms with E-state index in [1.165, 1.54) is 4.31 Å². The summed E-state index contributed by atoms with van der Waals surface area (Å²) in [5.74, 6) is 0.0327. The Kier molecular flexibility index (Phi) is 2.56. The Labute approximate surface area is 101 Å². The van der Waals surface area contributed by atoms with Gasteiger partial charge in [-0.2, -0.15) is 4.31 Å². The maximum absolute atomic E-state index is 12.2. The molecular formula is C9H16N2O4S2. The van der Waals surface area contributed by atoms with Crippen LogP contribution in [0, 0.1) is 0 Å². The molecule has 0 spiro atoms. The molecule has 0 bridgehead atoms. The lowest BCUT2D eigenvalue weighted by atomic mass is 10.1. The number of nitrogens with one attached hydrogen (secondary N) is 1. The van der Waals surface area contributed by atoms with Crippen molar-refractivity contribution in [2.45, 2.75) is 30.2 Å². The molecule has 2 saturated heterocycles. The van der Waals surface area contributed by atoms with Gasteiger partial charge in [0.05, 0.1) is 22.8 Å². The number of fused-ring (bicyclic) bond motifs is 1. The van der Waals surface area contributed by atoms with Crippen molar-refractivity contribution in [3.8, 4) is 0 Å². The van der Waals surface area contributed by atoms with Crippen LogP contribution in [-0.2, 0) is 19.9 Å². The molecule has 0 radical (unpaired) electrons. The zero-order chi connectivity index (χ0) is 12.3. The third-order valence-corrected chi connectivity index (χ3v) is 7.84. The van der Waals surface area contributed by atoms with Gasteiger partial charge in [0.25, 0.3) is 0 Å². The lowest BCUT2D eigenvalue weighted by molar-refractivity contribution is 0.246. The molecule has 98 valence electrons. The van der Waals surface area contributed by atoms with Crippen LogP contribution in [0.1, 0.15) is 12.8 Å². The highest BCUT2D eigenvalue weighted by molar-refractivity contribution is 7.92. The Morgan fingerprint density at radius 1 is 1.18 bits per heavy atom. The van der Waals surface area contributed by atoms with Gasteiger partial charge in [-0.3, -0.25) is 0 Å². The van der Waals surface area contributed by atoms with E-state index in [-0.39, 0.29) is 28.8 Å². The number of hydrogen-bond acceptors (Lipinski definition) is 5. The zero-order valence-electron chi connectivity index (χ0n) is 9.37. The minimum Gasteiger partial charge on any atom is -0.310 e. The van der Waals surface area contributed by atoms with Crippen LogP contribution in [-0.4, -0.2) is 63.1 Å². The molecule has 0 unspecified atom stereocenters. The van der Waals surface area contributed by atoms with Gasteiger partial charge in [0, 0.05) is 19.1 Å². The van der Waals surface area contributed by atoms with E-state index in [1.54, 1.807) is 0 Å². The van der Waals surface area contributed by atoms with E-state index >= 15 is 0 Å². The van der Waals surface area contributed by atoms with E-state index in [0.29, 0.717) is 13.1 Å². The van der Waals surface area contributed by atoms with E-state index in [2.05, 4.69) is 5.32 Å². The Hall–Kier alpha value is -0.180. The second-order valence-corrected chi connectivity index (χ2v) is 9.38. The summed E-state index contributed by atoms with van der Waals surface area (Å²) in [7, 11) is -6.36. The van der Waals surface area contributed by atoms with E-state index in [0.717, 1.165) is 12.8 Å². The molecule has 8 heteroatoms. The SMILES string of the molecule is O=S1(=O)C[C@@H]2NCCN(S(=O)(=O)C3CC3)[C@@H]2C1. The van der Waals surface area contributed by atoms with E-state index in [1.807, 2.05) is 0 Å². The van der Waals surface area contributed by atoms with Gasteiger partial charge >= 0.3 is 0 Å². The van der Waals surface area contributed by atoms with Crippen molar-refractivity contribution in [1.82, 2.24) is 9.62 Å². The number of sulfonamides is 1. The molecule has 3 aliphatic rings. The summed E-state index contributed by atoms with van der Waals surface area (Å²) in [6.45, 7) is 0.943. The lowest BCUT2D eigenvalue weighted by Crippen LogP contribution is -2.59. The van der Waals surface area contributed by atoms with Crippen LogP contribution >= 0.6 is 0 Å². The molecule has 0 aromatic rings. The van der Waals surface area contributed by atoms with Crippen molar-refractivity contribution in [3.63, 3.8) is 0 Å². The third kappa shape index (κ3) is 2.00. The van der Waals surface area contributed by atoms with Crippen LogP contribution in [0.25, 0.3) is 0 Å². The summed E-state index contributed by atoms with van der Waals surface area (Å²) in [5.41, 5.74) is 0. The Morgan fingerprint density at radius 3 is 2.53 bits per heavy atom. The topological polar surface area (TPSA) is 83.6 Å². The fourth-order valence-corrected chi connectivity index (χ4v) is 6.82. The largest absolute Gasteiger partial charge is 0.310 e. The summed E-state index contributed by atoms with van der Waals surface area (Å²) >= 11 is 0. The summed E-state index contributed by atoms with van der Waals surface area (Å²) in [5, 5.41) is 2.85. The number of piperazine rings is 1. The van der Waals surface area contributed by atoms with Gasteiger partial charge in [0.15, 0.2) is 9.84 Å². The molecule has 2 atom stereocenters.